The highest BCUT2D eigenvalue weighted by Crippen LogP contribution is 2.46. The largest absolute Gasteiger partial charge is 0.477 e. The Bertz CT molecular complexity index is 1320. The minimum Gasteiger partial charge on any atom is -0.477 e. The molecule has 2 fully saturated rings. The Labute approximate surface area is 227 Å². The molecule has 0 saturated carbocycles. The summed E-state index contributed by atoms with van der Waals surface area (Å²) in [5.74, 6) is -1.33. The number of carboxylic acids is 1. The standard InChI is InChI=1S/C20H22N8O5S4/c1-28(5-3-4-6-28)19-24-20(37-26-19)36-10-8-34-16-12(15(30)27(16)13(10)17(31)32)23-14(29)11(25-33-2)9-7-35-18(21)22-9/h7,12,16H,3-6,8H2,1-2H3,(H3-,21,22,23,29,31,32)/p+1/b25-11-/t12-,16?/m1/s1. The van der Waals surface area contributed by atoms with Crippen molar-refractivity contribution >= 4 is 81.0 Å². The molecule has 2 aromatic heterocycles. The van der Waals surface area contributed by atoms with Crippen molar-refractivity contribution in [1.82, 2.24) is 29.0 Å². The number of nitrogens with zero attached hydrogens (tertiary/aromatic N) is 6. The predicted octanol–water partition coefficient (Wildman–Crippen LogP) is 1.15. The maximum Gasteiger partial charge on any atom is 0.353 e. The van der Waals surface area contributed by atoms with Gasteiger partial charge in [0.05, 0.1) is 20.1 Å². The van der Waals surface area contributed by atoms with E-state index in [2.05, 4.69) is 31.9 Å². The number of oxime groups is 1. The van der Waals surface area contributed by atoms with Crippen LogP contribution in [0, 0.1) is 0 Å². The fourth-order valence-corrected chi connectivity index (χ4v) is 8.26. The fraction of sp³-hybridized carbons (Fsp3) is 0.450. The van der Waals surface area contributed by atoms with E-state index in [0.29, 0.717) is 19.5 Å². The zero-order valence-electron chi connectivity index (χ0n) is 19.7. The van der Waals surface area contributed by atoms with Gasteiger partial charge in [0, 0.05) is 28.9 Å². The van der Waals surface area contributed by atoms with Crippen molar-refractivity contribution in [2.24, 2.45) is 5.16 Å². The quantitative estimate of drug-likeness (QED) is 0.176. The molecule has 13 nitrogen and oxygen atoms in total. The highest BCUT2D eigenvalue weighted by Gasteiger charge is 2.54. The summed E-state index contributed by atoms with van der Waals surface area (Å²) in [5.41, 5.74) is 5.65. The molecule has 1 unspecified atom stereocenters. The lowest BCUT2D eigenvalue weighted by molar-refractivity contribution is -0.150. The lowest BCUT2D eigenvalue weighted by atomic mass is 10.0. The number of nitrogens with two attached hydrogens (primary N) is 1. The lowest BCUT2D eigenvalue weighted by Gasteiger charge is -2.49. The van der Waals surface area contributed by atoms with Gasteiger partial charge in [0.1, 0.15) is 29.9 Å². The van der Waals surface area contributed by atoms with E-state index in [1.165, 1.54) is 47.1 Å². The van der Waals surface area contributed by atoms with E-state index in [-0.39, 0.29) is 22.2 Å². The number of β-lactam (4-membered cyclic amide) rings is 1. The maximum atomic E-state index is 13.0. The smallest absolute Gasteiger partial charge is 0.353 e. The minimum absolute atomic E-state index is 0.0966. The van der Waals surface area contributed by atoms with E-state index in [9.17, 15) is 19.5 Å². The summed E-state index contributed by atoms with van der Waals surface area (Å²) in [6, 6.07) is -0.927. The first kappa shape index (κ1) is 25.9. The van der Waals surface area contributed by atoms with Gasteiger partial charge in [0.25, 0.3) is 11.8 Å². The first-order chi connectivity index (χ1) is 17.7. The number of nitrogen functional groups attached to an aromatic ring is 1. The molecule has 2 amide bonds. The van der Waals surface area contributed by atoms with Crippen LogP contribution in [0.25, 0.3) is 0 Å². The van der Waals surface area contributed by atoms with Crippen LogP contribution in [0.4, 0.5) is 11.1 Å². The third kappa shape index (κ3) is 4.81. The Kier molecular flexibility index (Phi) is 7.14. The topological polar surface area (TPSA) is 173 Å². The van der Waals surface area contributed by atoms with Crippen molar-refractivity contribution in [3.05, 3.63) is 21.7 Å². The number of thiazole rings is 1. The number of hydrogen-bond acceptors (Lipinski definition) is 13. The summed E-state index contributed by atoms with van der Waals surface area (Å²) in [4.78, 5) is 53.4. The fourth-order valence-electron chi connectivity index (χ4n) is 4.37. The number of carboxylic acid groups (broad SMARTS) is 1. The second kappa shape index (κ2) is 10.2. The van der Waals surface area contributed by atoms with Gasteiger partial charge in [-0.3, -0.25) is 19.0 Å². The van der Waals surface area contributed by atoms with Crippen molar-refractivity contribution in [1.29, 1.82) is 0 Å². The maximum absolute atomic E-state index is 13.0. The Morgan fingerprint density at radius 2 is 2.11 bits per heavy atom. The summed E-state index contributed by atoms with van der Waals surface area (Å²) < 4.78 is 5.82. The van der Waals surface area contributed by atoms with Crippen LogP contribution in [0.1, 0.15) is 18.5 Å². The van der Waals surface area contributed by atoms with Gasteiger partial charge in [0.15, 0.2) is 15.2 Å². The molecule has 3 aliphatic heterocycles. The van der Waals surface area contributed by atoms with Crippen LogP contribution >= 0.6 is 46.4 Å². The molecule has 0 bridgehead atoms. The Morgan fingerprint density at radius 1 is 1.35 bits per heavy atom. The van der Waals surface area contributed by atoms with Crippen LogP contribution in [0.15, 0.2) is 25.5 Å². The van der Waals surface area contributed by atoms with Crippen molar-refractivity contribution in [3.8, 4) is 0 Å². The number of amides is 2. The molecule has 2 saturated heterocycles. The van der Waals surface area contributed by atoms with E-state index >= 15 is 0 Å². The van der Waals surface area contributed by atoms with Crippen molar-refractivity contribution in [2.75, 3.05) is 38.7 Å². The van der Waals surface area contributed by atoms with Gasteiger partial charge in [-0.1, -0.05) is 16.9 Å². The average molecular weight is 584 g/mol. The van der Waals surface area contributed by atoms with E-state index in [1.54, 1.807) is 5.38 Å². The van der Waals surface area contributed by atoms with Gasteiger partial charge in [-0.05, 0) is 11.5 Å². The molecule has 5 rings (SSSR count). The average Bonchev–Trinajstić information content (AvgIpc) is 3.62. The van der Waals surface area contributed by atoms with E-state index in [1.807, 2.05) is 0 Å². The molecular weight excluding hydrogens is 561 g/mol. The Balaban J connectivity index is 1.32. The summed E-state index contributed by atoms with van der Waals surface area (Å²) in [6.45, 7) is 1.95. The van der Waals surface area contributed by atoms with Crippen molar-refractivity contribution < 1.29 is 24.3 Å². The second-order valence-electron chi connectivity index (χ2n) is 8.64. The van der Waals surface area contributed by atoms with Crippen LogP contribution in [0.2, 0.25) is 0 Å². The molecule has 0 aliphatic carbocycles. The Hall–Kier alpha value is -2.73. The number of fused-ring (bicyclic) bond motifs is 1. The first-order valence-corrected chi connectivity index (χ1v) is 14.6. The number of thioether (sulfide) groups is 2. The number of hydrogen-bond donors (Lipinski definition) is 3. The van der Waals surface area contributed by atoms with Crippen LogP contribution in [-0.2, 0) is 19.2 Å². The normalized spacial score (nSPS) is 23.0. The van der Waals surface area contributed by atoms with E-state index in [0.717, 1.165) is 43.2 Å². The van der Waals surface area contributed by atoms with Gasteiger partial charge in [-0.25, -0.2) is 9.78 Å². The predicted molar refractivity (Wildman–Crippen MR) is 142 cm³/mol. The number of nitrogens with one attached hydrogen (secondary N) is 1. The highest BCUT2D eigenvalue weighted by molar-refractivity contribution is 8.07. The molecule has 3 aliphatic rings. The molecular formula is C20H23N8O5S4+. The first-order valence-electron chi connectivity index (χ1n) is 11.1. The zero-order chi connectivity index (χ0) is 26.3. The van der Waals surface area contributed by atoms with Gasteiger partial charge in [-0.15, -0.1) is 27.5 Å². The molecule has 4 N–H and O–H groups in total. The van der Waals surface area contributed by atoms with Crippen LogP contribution < -0.4 is 15.5 Å². The number of carbonyl (C=O) groups is 3. The number of rotatable bonds is 8. The number of quaternary nitrogens is 1. The lowest BCUT2D eigenvalue weighted by Crippen LogP contribution is -2.71. The van der Waals surface area contributed by atoms with Crippen LogP contribution in [-0.4, -0.2) is 92.3 Å². The molecule has 2 atom stereocenters. The molecule has 0 radical (unpaired) electrons. The van der Waals surface area contributed by atoms with Crippen molar-refractivity contribution in [2.45, 2.75) is 28.6 Å². The molecule has 196 valence electrons. The third-order valence-corrected chi connectivity index (χ3v) is 10.2. The molecule has 17 heteroatoms. The molecule has 0 spiro atoms. The van der Waals surface area contributed by atoms with Crippen molar-refractivity contribution in [3.63, 3.8) is 0 Å². The molecule has 37 heavy (non-hydrogen) atoms. The Morgan fingerprint density at radius 3 is 2.76 bits per heavy atom. The summed E-state index contributed by atoms with van der Waals surface area (Å²) >= 11 is 4.96. The molecule has 0 aromatic carbocycles. The minimum atomic E-state index is -1.21. The SMILES string of the molecule is CO/N=C(\C(=O)N[C@@H]1C(=O)N2C(C(=O)O)=C(Sc3nc([N+]4(C)CCCC4)ns3)CSC12)c1csc(N)n1. The number of aromatic nitrogens is 3. The van der Waals surface area contributed by atoms with Gasteiger partial charge >= 0.3 is 11.9 Å². The second-order valence-corrected chi connectivity index (χ2v) is 12.7. The number of carbonyl (C=O) groups excluding carboxylic acids is 2. The monoisotopic (exact) mass is 583 g/mol. The van der Waals surface area contributed by atoms with Gasteiger partial charge < -0.3 is 21.0 Å². The van der Waals surface area contributed by atoms with Gasteiger partial charge in [0.2, 0.25) is 0 Å². The number of anilines is 1. The summed E-state index contributed by atoms with van der Waals surface area (Å²) in [6.07, 6.45) is 2.24. The summed E-state index contributed by atoms with van der Waals surface area (Å²) in [7, 11) is 3.39. The highest BCUT2D eigenvalue weighted by atomic mass is 32.2. The van der Waals surface area contributed by atoms with Gasteiger partial charge in [-0.2, -0.15) is 4.98 Å². The molecule has 5 heterocycles. The number of aliphatic carboxylic acids is 1. The van der Waals surface area contributed by atoms with Crippen LogP contribution in [0.5, 0.6) is 0 Å². The number of likely N-dealkylation sites (tertiary alicyclic amines) is 1. The third-order valence-electron chi connectivity index (χ3n) is 6.23. The van der Waals surface area contributed by atoms with Crippen LogP contribution in [0.3, 0.4) is 0 Å². The summed E-state index contributed by atoms with van der Waals surface area (Å²) in [5, 5.41) is 17.6. The van der Waals surface area contributed by atoms with E-state index < -0.39 is 29.2 Å². The zero-order valence-corrected chi connectivity index (χ0v) is 23.0. The molecule has 2 aromatic rings. The van der Waals surface area contributed by atoms with E-state index in [4.69, 9.17) is 10.6 Å².